The first-order valence-corrected chi connectivity index (χ1v) is 9.32. The Hall–Kier alpha value is -2.57. The van der Waals surface area contributed by atoms with Gasteiger partial charge >= 0.3 is 12.1 Å². The minimum Gasteiger partial charge on any atom is -0.444 e. The molecule has 0 heterocycles. The molecular weight excluding hydrogens is 346 g/mol. The van der Waals surface area contributed by atoms with Crippen molar-refractivity contribution in [2.24, 2.45) is 0 Å². The lowest BCUT2D eigenvalue weighted by atomic mass is 9.90. The molecule has 1 aliphatic carbocycles. The first-order valence-electron chi connectivity index (χ1n) is 9.32. The standard InChI is InChI=1S/C20H29N3O4/c1-13(24)14-8-7-9-15(12-14)21-18(25)22-16-10-5-6-11-17(16)23-19(26)27-20(2,3)4/h7-9,12,16-17H,5-6,10-11H2,1-4H3,(H,23,26)(H2,21,22,25)/t16-,17-/m1/s1. The molecule has 1 aliphatic rings. The number of hydrogen-bond donors (Lipinski definition) is 3. The van der Waals surface area contributed by atoms with Crippen molar-refractivity contribution in [2.45, 2.75) is 71.1 Å². The van der Waals surface area contributed by atoms with Crippen molar-refractivity contribution in [3.8, 4) is 0 Å². The zero-order valence-corrected chi connectivity index (χ0v) is 16.4. The van der Waals surface area contributed by atoms with E-state index in [1.165, 1.54) is 6.92 Å². The van der Waals surface area contributed by atoms with Crippen LogP contribution >= 0.6 is 0 Å². The number of amides is 3. The van der Waals surface area contributed by atoms with Crippen LogP contribution in [0, 0.1) is 0 Å². The van der Waals surface area contributed by atoms with E-state index in [4.69, 9.17) is 4.74 Å². The number of carbonyl (C=O) groups is 3. The fourth-order valence-electron chi connectivity index (χ4n) is 3.09. The maximum absolute atomic E-state index is 12.4. The maximum Gasteiger partial charge on any atom is 0.407 e. The second-order valence-corrected chi connectivity index (χ2v) is 7.88. The molecule has 1 saturated carbocycles. The lowest BCUT2D eigenvalue weighted by Crippen LogP contribution is -2.54. The highest BCUT2D eigenvalue weighted by atomic mass is 16.6. The molecule has 7 heteroatoms. The first kappa shape index (κ1) is 20.7. The van der Waals surface area contributed by atoms with Gasteiger partial charge in [0.2, 0.25) is 0 Å². The van der Waals surface area contributed by atoms with Gasteiger partial charge in [-0.2, -0.15) is 0 Å². The molecule has 2 atom stereocenters. The smallest absolute Gasteiger partial charge is 0.407 e. The number of alkyl carbamates (subject to hydrolysis) is 1. The van der Waals surface area contributed by atoms with Crippen molar-refractivity contribution in [1.82, 2.24) is 10.6 Å². The highest BCUT2D eigenvalue weighted by Gasteiger charge is 2.29. The summed E-state index contributed by atoms with van der Waals surface area (Å²) in [4.78, 5) is 35.9. The summed E-state index contributed by atoms with van der Waals surface area (Å²) < 4.78 is 5.31. The van der Waals surface area contributed by atoms with E-state index in [2.05, 4.69) is 16.0 Å². The van der Waals surface area contributed by atoms with E-state index >= 15 is 0 Å². The number of benzene rings is 1. The highest BCUT2D eigenvalue weighted by molar-refractivity contribution is 5.96. The monoisotopic (exact) mass is 375 g/mol. The number of urea groups is 1. The Kier molecular flexibility index (Phi) is 6.82. The number of hydrogen-bond acceptors (Lipinski definition) is 4. The number of ether oxygens (including phenoxy) is 1. The van der Waals surface area contributed by atoms with Crippen molar-refractivity contribution >= 4 is 23.6 Å². The third-order valence-corrected chi connectivity index (χ3v) is 4.31. The molecule has 1 fully saturated rings. The molecule has 27 heavy (non-hydrogen) atoms. The molecule has 0 aromatic heterocycles. The van der Waals surface area contributed by atoms with Crippen LogP contribution in [0.3, 0.4) is 0 Å². The van der Waals surface area contributed by atoms with Crippen LogP contribution in [0.1, 0.15) is 63.7 Å². The van der Waals surface area contributed by atoms with Gasteiger partial charge in [0.05, 0.1) is 12.1 Å². The molecule has 0 spiro atoms. The zero-order valence-electron chi connectivity index (χ0n) is 16.4. The Morgan fingerprint density at radius 1 is 1.04 bits per heavy atom. The average Bonchev–Trinajstić information content (AvgIpc) is 2.55. The van der Waals surface area contributed by atoms with Gasteiger partial charge in [0, 0.05) is 11.3 Å². The van der Waals surface area contributed by atoms with E-state index in [0.29, 0.717) is 11.3 Å². The number of anilines is 1. The second kappa shape index (κ2) is 8.88. The Balaban J connectivity index is 1.94. The van der Waals surface area contributed by atoms with Gasteiger partial charge in [0.1, 0.15) is 5.60 Å². The Morgan fingerprint density at radius 2 is 1.67 bits per heavy atom. The van der Waals surface area contributed by atoms with E-state index in [9.17, 15) is 14.4 Å². The molecule has 3 amide bonds. The van der Waals surface area contributed by atoms with Crippen LogP contribution in [0.4, 0.5) is 15.3 Å². The van der Waals surface area contributed by atoms with Crippen molar-refractivity contribution in [3.05, 3.63) is 29.8 Å². The summed E-state index contributed by atoms with van der Waals surface area (Å²) in [6.45, 7) is 6.91. The molecule has 2 rings (SSSR count). The lowest BCUT2D eigenvalue weighted by molar-refractivity contribution is 0.0481. The zero-order chi connectivity index (χ0) is 20.0. The summed E-state index contributed by atoms with van der Waals surface area (Å²) in [5, 5.41) is 8.55. The molecule has 3 N–H and O–H groups in total. The number of ketones is 1. The lowest BCUT2D eigenvalue weighted by Gasteiger charge is -2.33. The van der Waals surface area contributed by atoms with Crippen LogP contribution in [0.25, 0.3) is 0 Å². The predicted molar refractivity (Wildman–Crippen MR) is 104 cm³/mol. The molecule has 0 radical (unpaired) electrons. The van der Waals surface area contributed by atoms with E-state index in [1.54, 1.807) is 24.3 Å². The summed E-state index contributed by atoms with van der Waals surface area (Å²) in [5.41, 5.74) is 0.517. The highest BCUT2D eigenvalue weighted by Crippen LogP contribution is 2.20. The third-order valence-electron chi connectivity index (χ3n) is 4.31. The van der Waals surface area contributed by atoms with E-state index < -0.39 is 11.7 Å². The summed E-state index contributed by atoms with van der Waals surface area (Å²) in [6.07, 6.45) is 3.06. The topological polar surface area (TPSA) is 96.5 Å². The number of carbonyl (C=O) groups excluding carboxylic acids is 3. The van der Waals surface area contributed by atoms with E-state index in [0.717, 1.165) is 25.7 Å². The molecule has 1 aromatic carbocycles. The molecule has 1 aromatic rings. The average molecular weight is 375 g/mol. The second-order valence-electron chi connectivity index (χ2n) is 7.88. The van der Waals surface area contributed by atoms with Crippen LogP contribution in [0.15, 0.2) is 24.3 Å². The van der Waals surface area contributed by atoms with Gasteiger partial charge in [0.15, 0.2) is 5.78 Å². The van der Waals surface area contributed by atoms with Crippen LogP contribution < -0.4 is 16.0 Å². The van der Waals surface area contributed by atoms with Crippen molar-refractivity contribution in [1.29, 1.82) is 0 Å². The molecule has 7 nitrogen and oxygen atoms in total. The van der Waals surface area contributed by atoms with Gasteiger partial charge in [-0.3, -0.25) is 4.79 Å². The van der Waals surface area contributed by atoms with Gasteiger partial charge in [-0.05, 0) is 52.7 Å². The van der Waals surface area contributed by atoms with Crippen LogP contribution in [-0.2, 0) is 4.74 Å². The van der Waals surface area contributed by atoms with E-state index in [-0.39, 0.29) is 23.9 Å². The number of nitrogens with one attached hydrogen (secondary N) is 3. The molecule has 0 bridgehead atoms. The molecule has 0 unspecified atom stereocenters. The Morgan fingerprint density at radius 3 is 2.26 bits per heavy atom. The summed E-state index contributed by atoms with van der Waals surface area (Å²) >= 11 is 0. The predicted octanol–water partition coefficient (Wildman–Crippen LogP) is 3.85. The van der Waals surface area contributed by atoms with Gasteiger partial charge < -0.3 is 20.7 Å². The number of Topliss-reactive ketones (excluding diaryl/α,β-unsaturated/α-hetero) is 1. The molecule has 0 saturated heterocycles. The molecule has 148 valence electrons. The minimum atomic E-state index is -0.569. The fraction of sp³-hybridized carbons (Fsp3) is 0.550. The maximum atomic E-state index is 12.4. The normalized spacial score (nSPS) is 19.7. The quantitative estimate of drug-likeness (QED) is 0.697. The Bertz CT molecular complexity index is 697. The first-order chi connectivity index (χ1) is 12.6. The van der Waals surface area contributed by atoms with Crippen LogP contribution in [0.5, 0.6) is 0 Å². The Labute approximate surface area is 160 Å². The summed E-state index contributed by atoms with van der Waals surface area (Å²) in [5.74, 6) is -0.0621. The van der Waals surface area contributed by atoms with Crippen LogP contribution in [-0.4, -0.2) is 35.6 Å². The minimum absolute atomic E-state index is 0.0621. The van der Waals surface area contributed by atoms with Crippen molar-refractivity contribution < 1.29 is 19.1 Å². The molecular formula is C20H29N3O4. The van der Waals surface area contributed by atoms with Gasteiger partial charge in [0.25, 0.3) is 0 Å². The van der Waals surface area contributed by atoms with E-state index in [1.807, 2.05) is 20.8 Å². The van der Waals surface area contributed by atoms with Gasteiger partial charge in [-0.1, -0.05) is 25.0 Å². The van der Waals surface area contributed by atoms with Crippen LogP contribution in [0.2, 0.25) is 0 Å². The number of rotatable bonds is 4. The SMILES string of the molecule is CC(=O)c1cccc(NC(=O)N[C@@H]2CCCC[C@H]2NC(=O)OC(C)(C)C)c1. The van der Waals surface area contributed by atoms with Crippen molar-refractivity contribution in [3.63, 3.8) is 0 Å². The summed E-state index contributed by atoms with van der Waals surface area (Å²) in [7, 11) is 0. The summed E-state index contributed by atoms with van der Waals surface area (Å²) in [6, 6.07) is 6.07. The largest absolute Gasteiger partial charge is 0.444 e. The van der Waals surface area contributed by atoms with Gasteiger partial charge in [-0.25, -0.2) is 9.59 Å². The van der Waals surface area contributed by atoms with Gasteiger partial charge in [-0.15, -0.1) is 0 Å². The fourth-order valence-corrected chi connectivity index (χ4v) is 3.09. The molecule has 0 aliphatic heterocycles. The third kappa shape index (κ3) is 6.92. The van der Waals surface area contributed by atoms with Crippen molar-refractivity contribution in [2.75, 3.05) is 5.32 Å².